The molecule has 0 saturated heterocycles. The summed E-state index contributed by atoms with van der Waals surface area (Å²) in [5, 5.41) is 2.46. The lowest BCUT2D eigenvalue weighted by atomic mass is 9.73. The number of aromatic nitrogens is 3. The maximum absolute atomic E-state index is 6.66. The van der Waals surface area contributed by atoms with Gasteiger partial charge in [-0.1, -0.05) is 91.0 Å². The minimum Gasteiger partial charge on any atom is -0.453 e. The zero-order valence-electron chi connectivity index (χ0n) is 24.8. The Morgan fingerprint density at radius 2 is 1.56 bits per heavy atom. The first-order valence-electron chi connectivity index (χ1n) is 15.5. The fourth-order valence-corrected chi connectivity index (χ4v) is 7.60. The van der Waals surface area contributed by atoms with Gasteiger partial charge in [-0.15, -0.1) is 0 Å². The van der Waals surface area contributed by atoms with E-state index in [0.29, 0.717) is 5.92 Å². The molecule has 3 aromatic heterocycles. The number of benzene rings is 3. The number of nitrogens with zero attached hydrogens (tertiary/aromatic N) is 3. The minimum absolute atomic E-state index is 0.362. The summed E-state index contributed by atoms with van der Waals surface area (Å²) in [6.07, 6.45) is 17.3. The number of fused-ring (bicyclic) bond motifs is 7. The zero-order chi connectivity index (χ0) is 30.0. The molecule has 1 aliphatic heterocycles. The topological polar surface area (TPSA) is 47.9 Å². The van der Waals surface area contributed by atoms with Gasteiger partial charge >= 0.3 is 0 Å². The summed E-state index contributed by atoms with van der Waals surface area (Å²) in [6, 6.07) is 32.4. The fraction of sp³-hybridized carbons (Fsp3) is 0.0976. The van der Waals surface area contributed by atoms with Crippen molar-refractivity contribution in [3.63, 3.8) is 0 Å². The molecule has 4 heteroatoms. The second-order valence-electron chi connectivity index (χ2n) is 12.1. The lowest BCUT2D eigenvalue weighted by molar-refractivity contribution is 0.475. The van der Waals surface area contributed by atoms with Gasteiger partial charge in [0, 0.05) is 35.0 Å². The summed E-state index contributed by atoms with van der Waals surface area (Å²) < 4.78 is 6.66. The molecule has 2 unspecified atom stereocenters. The molecule has 6 aromatic rings. The van der Waals surface area contributed by atoms with Gasteiger partial charge in [-0.25, -0.2) is 0 Å². The van der Waals surface area contributed by atoms with E-state index in [0.717, 1.165) is 51.6 Å². The van der Waals surface area contributed by atoms with Gasteiger partial charge in [0.1, 0.15) is 0 Å². The van der Waals surface area contributed by atoms with Crippen LogP contribution in [0, 0.1) is 0 Å². The van der Waals surface area contributed by atoms with Gasteiger partial charge < -0.3 is 4.74 Å². The summed E-state index contributed by atoms with van der Waals surface area (Å²) in [5.41, 5.74) is 10.6. The average Bonchev–Trinajstić information content (AvgIpc) is 3.28. The number of allylic oxidation sites excluding steroid dienone is 5. The molecule has 9 rings (SSSR count). The van der Waals surface area contributed by atoms with Crippen LogP contribution in [0.15, 0.2) is 140 Å². The Morgan fingerprint density at radius 3 is 2.42 bits per heavy atom. The average molecular weight is 580 g/mol. The van der Waals surface area contributed by atoms with Crippen LogP contribution in [0.3, 0.4) is 0 Å². The van der Waals surface area contributed by atoms with E-state index in [-0.39, 0.29) is 0 Å². The second-order valence-corrected chi connectivity index (χ2v) is 12.1. The molecule has 4 heterocycles. The molecule has 0 saturated carbocycles. The SMILES string of the molecule is CC1(c2ccccn2)C2=C(c3cc(-c4ccc(C5C=CC=CC5)c5ccccc45)ncc3Oc3cnccc32)c2ccccc21. The molecular formula is C41H29N3O. The van der Waals surface area contributed by atoms with Crippen LogP contribution >= 0.6 is 0 Å². The first-order valence-corrected chi connectivity index (χ1v) is 15.5. The first-order chi connectivity index (χ1) is 22.2. The Bertz CT molecular complexity index is 2250. The maximum Gasteiger partial charge on any atom is 0.153 e. The summed E-state index contributed by atoms with van der Waals surface area (Å²) in [7, 11) is 0. The third-order valence-corrected chi connectivity index (χ3v) is 9.69. The molecule has 3 aromatic carbocycles. The van der Waals surface area contributed by atoms with Crippen molar-refractivity contribution in [1.29, 1.82) is 0 Å². The van der Waals surface area contributed by atoms with Crippen LogP contribution in [0.25, 0.3) is 33.2 Å². The summed E-state index contributed by atoms with van der Waals surface area (Å²) >= 11 is 0. The molecular weight excluding hydrogens is 550 g/mol. The third-order valence-electron chi connectivity index (χ3n) is 9.69. The lowest BCUT2D eigenvalue weighted by Crippen LogP contribution is -2.24. The Morgan fingerprint density at radius 1 is 0.711 bits per heavy atom. The van der Waals surface area contributed by atoms with E-state index in [1.807, 2.05) is 30.9 Å². The summed E-state index contributed by atoms with van der Waals surface area (Å²) in [5.74, 6) is 1.80. The molecule has 0 amide bonds. The van der Waals surface area contributed by atoms with Gasteiger partial charge in [-0.3, -0.25) is 15.0 Å². The quantitative estimate of drug-likeness (QED) is 0.209. The monoisotopic (exact) mass is 579 g/mol. The van der Waals surface area contributed by atoms with Crippen LogP contribution in [-0.4, -0.2) is 15.0 Å². The van der Waals surface area contributed by atoms with Crippen molar-refractivity contribution in [3.05, 3.63) is 174 Å². The largest absolute Gasteiger partial charge is 0.453 e. The molecule has 0 spiro atoms. The summed E-state index contributed by atoms with van der Waals surface area (Å²) in [6.45, 7) is 2.29. The first kappa shape index (κ1) is 25.8. The van der Waals surface area contributed by atoms with Crippen LogP contribution in [0.1, 0.15) is 52.8 Å². The van der Waals surface area contributed by atoms with Crippen molar-refractivity contribution in [2.24, 2.45) is 0 Å². The third kappa shape index (κ3) is 3.82. The van der Waals surface area contributed by atoms with Gasteiger partial charge in [-0.05, 0) is 76.2 Å². The predicted octanol–water partition coefficient (Wildman–Crippen LogP) is 9.68. The Kier molecular flexibility index (Phi) is 5.72. The van der Waals surface area contributed by atoms with Crippen LogP contribution in [0.2, 0.25) is 0 Å². The molecule has 2 aliphatic carbocycles. The maximum atomic E-state index is 6.66. The van der Waals surface area contributed by atoms with Gasteiger partial charge in [0.05, 0.1) is 29.2 Å². The Balaban J connectivity index is 1.31. The normalized spacial score (nSPS) is 19.4. The van der Waals surface area contributed by atoms with Crippen LogP contribution in [0.4, 0.5) is 0 Å². The highest BCUT2D eigenvalue weighted by molar-refractivity contribution is 6.11. The highest BCUT2D eigenvalue weighted by Crippen LogP contribution is 2.60. The highest BCUT2D eigenvalue weighted by Gasteiger charge is 2.47. The second kappa shape index (κ2) is 9.96. The van der Waals surface area contributed by atoms with E-state index in [1.165, 1.54) is 33.0 Å². The Hall–Kier alpha value is -5.61. The molecule has 2 atom stereocenters. The van der Waals surface area contributed by atoms with Gasteiger partial charge in [0.2, 0.25) is 0 Å². The van der Waals surface area contributed by atoms with Gasteiger partial charge in [0.25, 0.3) is 0 Å². The molecule has 0 radical (unpaired) electrons. The molecule has 0 N–H and O–H groups in total. The summed E-state index contributed by atoms with van der Waals surface area (Å²) in [4.78, 5) is 14.4. The van der Waals surface area contributed by atoms with Crippen molar-refractivity contribution in [3.8, 4) is 22.8 Å². The molecule has 0 bridgehead atoms. The van der Waals surface area contributed by atoms with Crippen molar-refractivity contribution in [2.45, 2.75) is 24.7 Å². The van der Waals surface area contributed by atoms with Crippen molar-refractivity contribution >= 4 is 21.9 Å². The van der Waals surface area contributed by atoms with E-state index in [9.17, 15) is 0 Å². The molecule has 214 valence electrons. The lowest BCUT2D eigenvalue weighted by Gasteiger charge is -2.30. The van der Waals surface area contributed by atoms with Crippen LogP contribution < -0.4 is 4.74 Å². The van der Waals surface area contributed by atoms with Gasteiger partial charge in [-0.2, -0.15) is 0 Å². The van der Waals surface area contributed by atoms with Gasteiger partial charge in [0.15, 0.2) is 11.5 Å². The van der Waals surface area contributed by atoms with E-state index < -0.39 is 5.41 Å². The van der Waals surface area contributed by atoms with Crippen molar-refractivity contribution in [2.75, 3.05) is 0 Å². The minimum atomic E-state index is -0.506. The standard InChI is InChI=1S/C41H29N3O/c1-41(38-17-9-10-21-43-38)34-16-8-7-15-31(34)39-33-23-35(44-25-37(33)45-36-24-42-22-20-32(36)40(39)41)30-19-18-27(26-11-3-2-4-12-26)28-13-5-6-14-29(28)30/h2-11,13-26H,12H2,1H3. The van der Waals surface area contributed by atoms with Crippen molar-refractivity contribution < 1.29 is 4.74 Å². The van der Waals surface area contributed by atoms with E-state index in [1.54, 1.807) is 0 Å². The predicted molar refractivity (Wildman–Crippen MR) is 180 cm³/mol. The number of pyridine rings is 3. The molecule has 0 fully saturated rings. The fourth-order valence-electron chi connectivity index (χ4n) is 7.60. The van der Waals surface area contributed by atoms with E-state index >= 15 is 0 Å². The number of rotatable bonds is 3. The number of hydrogen-bond acceptors (Lipinski definition) is 4. The molecule has 45 heavy (non-hydrogen) atoms. The molecule has 4 nitrogen and oxygen atoms in total. The highest BCUT2D eigenvalue weighted by atomic mass is 16.5. The molecule has 3 aliphatic rings. The van der Waals surface area contributed by atoms with E-state index in [2.05, 4.69) is 121 Å². The van der Waals surface area contributed by atoms with E-state index in [4.69, 9.17) is 14.7 Å². The smallest absolute Gasteiger partial charge is 0.153 e. The van der Waals surface area contributed by atoms with Crippen molar-refractivity contribution in [1.82, 2.24) is 15.0 Å². The van der Waals surface area contributed by atoms with Crippen LogP contribution in [0.5, 0.6) is 11.5 Å². The van der Waals surface area contributed by atoms with Crippen LogP contribution in [-0.2, 0) is 5.41 Å². The number of hydrogen-bond donors (Lipinski definition) is 0. The number of ether oxygens (including phenoxy) is 1. The Labute approximate surface area is 262 Å². The zero-order valence-corrected chi connectivity index (χ0v) is 24.8.